The third-order valence-corrected chi connectivity index (χ3v) is 4.10. The Kier molecular flexibility index (Phi) is 4.68. The molecule has 3 nitrogen and oxygen atoms in total. The van der Waals surface area contributed by atoms with Crippen molar-refractivity contribution in [3.05, 3.63) is 29.8 Å². The third kappa shape index (κ3) is 3.17. The van der Waals surface area contributed by atoms with Crippen LogP contribution in [0.4, 0.5) is 0 Å². The normalized spacial score (nSPS) is 14.4. The predicted octanol–water partition coefficient (Wildman–Crippen LogP) is 2.68. The molecular formula is C12H16O3S. The van der Waals surface area contributed by atoms with E-state index in [0.29, 0.717) is 4.90 Å². The Balaban J connectivity index is 2.81. The van der Waals surface area contributed by atoms with Crippen molar-refractivity contribution in [3.63, 3.8) is 0 Å². The quantitative estimate of drug-likeness (QED) is 0.860. The first-order valence-corrected chi connectivity index (χ1v) is 6.51. The van der Waals surface area contributed by atoms with Crippen LogP contribution < -0.4 is 0 Å². The van der Waals surface area contributed by atoms with Gasteiger partial charge >= 0.3 is 5.97 Å². The number of carbonyl (C=O) groups is 1. The number of hydrogen-bond acceptors (Lipinski definition) is 2. The third-order valence-electron chi connectivity index (χ3n) is 2.39. The molecule has 0 heterocycles. The summed E-state index contributed by atoms with van der Waals surface area (Å²) in [6.45, 7) is 4.01. The van der Waals surface area contributed by atoms with E-state index in [1.165, 1.54) is 12.1 Å². The molecule has 1 aromatic carbocycles. The van der Waals surface area contributed by atoms with Crippen LogP contribution in [0.2, 0.25) is 0 Å². The van der Waals surface area contributed by atoms with Gasteiger partial charge in [-0.2, -0.15) is 0 Å². The van der Waals surface area contributed by atoms with Gasteiger partial charge in [-0.05, 0) is 30.7 Å². The zero-order chi connectivity index (χ0) is 12.1. The lowest BCUT2D eigenvalue weighted by molar-refractivity contribution is 0.0697. The average molecular weight is 240 g/mol. The number of hydrogen-bond donors (Lipinski definition) is 1. The van der Waals surface area contributed by atoms with Crippen LogP contribution in [0.5, 0.6) is 0 Å². The van der Waals surface area contributed by atoms with Gasteiger partial charge in [-0.25, -0.2) is 4.79 Å². The molecule has 0 aliphatic rings. The molecule has 0 aliphatic carbocycles. The molecule has 1 aromatic rings. The number of benzene rings is 1. The van der Waals surface area contributed by atoms with Gasteiger partial charge in [0, 0.05) is 10.1 Å². The zero-order valence-corrected chi connectivity index (χ0v) is 10.3. The second kappa shape index (κ2) is 5.80. The van der Waals surface area contributed by atoms with Gasteiger partial charge in [0.1, 0.15) is 0 Å². The first-order chi connectivity index (χ1) is 7.56. The topological polar surface area (TPSA) is 54.4 Å². The molecule has 4 heteroatoms. The van der Waals surface area contributed by atoms with E-state index in [1.54, 1.807) is 12.1 Å². The van der Waals surface area contributed by atoms with Crippen molar-refractivity contribution in [3.8, 4) is 0 Å². The minimum Gasteiger partial charge on any atom is -0.478 e. The van der Waals surface area contributed by atoms with Crippen molar-refractivity contribution in [1.82, 2.24) is 0 Å². The van der Waals surface area contributed by atoms with E-state index in [4.69, 9.17) is 5.11 Å². The van der Waals surface area contributed by atoms with Crippen molar-refractivity contribution in [2.24, 2.45) is 0 Å². The monoisotopic (exact) mass is 240 g/mol. The van der Waals surface area contributed by atoms with Crippen molar-refractivity contribution in [2.45, 2.75) is 36.8 Å². The first kappa shape index (κ1) is 12.9. The van der Waals surface area contributed by atoms with Gasteiger partial charge in [0.25, 0.3) is 0 Å². The van der Waals surface area contributed by atoms with E-state index in [2.05, 4.69) is 6.92 Å². The molecule has 1 N–H and O–H groups in total. The second-order valence-electron chi connectivity index (χ2n) is 3.73. The Morgan fingerprint density at radius 3 is 2.38 bits per heavy atom. The Labute approximate surface area is 98.0 Å². The maximum Gasteiger partial charge on any atom is 0.335 e. The summed E-state index contributed by atoms with van der Waals surface area (Å²) in [6, 6.07) is 6.25. The summed E-state index contributed by atoms with van der Waals surface area (Å²) in [6.07, 6.45) is 1.91. The van der Waals surface area contributed by atoms with Crippen molar-refractivity contribution in [2.75, 3.05) is 0 Å². The minimum absolute atomic E-state index is 0.112. The molecule has 16 heavy (non-hydrogen) atoms. The van der Waals surface area contributed by atoms with Gasteiger partial charge in [0.15, 0.2) is 0 Å². The van der Waals surface area contributed by atoms with E-state index in [1.807, 2.05) is 6.92 Å². The maximum absolute atomic E-state index is 12.0. The molecule has 0 saturated carbocycles. The Morgan fingerprint density at radius 1 is 1.38 bits per heavy atom. The highest BCUT2D eigenvalue weighted by Gasteiger charge is 2.12. The summed E-state index contributed by atoms with van der Waals surface area (Å²) in [5.74, 6) is -0.959. The SMILES string of the molecule is CCCC(C)S(=O)c1ccc(C(=O)O)cc1. The van der Waals surface area contributed by atoms with E-state index >= 15 is 0 Å². The number of rotatable bonds is 5. The Bertz CT molecular complexity index is 384. The molecule has 0 saturated heterocycles. The lowest BCUT2D eigenvalue weighted by Gasteiger charge is -2.09. The van der Waals surface area contributed by atoms with Crippen molar-refractivity contribution in [1.29, 1.82) is 0 Å². The molecule has 0 spiro atoms. The molecule has 2 unspecified atom stereocenters. The van der Waals surface area contributed by atoms with Gasteiger partial charge in [-0.3, -0.25) is 4.21 Å². The summed E-state index contributed by atoms with van der Waals surface area (Å²) in [5, 5.41) is 8.84. The van der Waals surface area contributed by atoms with Crippen LogP contribution >= 0.6 is 0 Å². The Hall–Kier alpha value is -1.16. The van der Waals surface area contributed by atoms with Crippen molar-refractivity contribution >= 4 is 16.8 Å². The van der Waals surface area contributed by atoms with E-state index in [0.717, 1.165) is 12.8 Å². The molecule has 0 aliphatic heterocycles. The average Bonchev–Trinajstić information content (AvgIpc) is 2.28. The van der Waals surface area contributed by atoms with E-state index in [-0.39, 0.29) is 10.8 Å². The fourth-order valence-corrected chi connectivity index (χ4v) is 2.80. The fourth-order valence-electron chi connectivity index (χ4n) is 1.48. The van der Waals surface area contributed by atoms with Crippen LogP contribution in [0, 0.1) is 0 Å². The second-order valence-corrected chi connectivity index (χ2v) is 5.60. The number of aromatic carboxylic acids is 1. The standard InChI is InChI=1S/C12H16O3S/c1-3-4-9(2)16(15)11-7-5-10(6-8-11)12(13)14/h5-9H,3-4H2,1-2H3,(H,13,14). The molecule has 1 rings (SSSR count). The molecule has 0 bridgehead atoms. The lowest BCUT2D eigenvalue weighted by atomic mass is 10.2. The van der Waals surface area contributed by atoms with Crippen LogP contribution in [-0.2, 0) is 10.8 Å². The smallest absolute Gasteiger partial charge is 0.335 e. The maximum atomic E-state index is 12.0. The summed E-state index contributed by atoms with van der Waals surface area (Å²) in [5.41, 5.74) is 0.226. The van der Waals surface area contributed by atoms with Gasteiger partial charge < -0.3 is 5.11 Å². The van der Waals surface area contributed by atoms with Gasteiger partial charge in [-0.15, -0.1) is 0 Å². The summed E-state index contributed by atoms with van der Waals surface area (Å²) >= 11 is 0. The molecular weight excluding hydrogens is 224 g/mol. The largest absolute Gasteiger partial charge is 0.478 e. The molecule has 0 amide bonds. The number of carboxylic acids is 1. The van der Waals surface area contributed by atoms with E-state index in [9.17, 15) is 9.00 Å². The van der Waals surface area contributed by atoms with Gasteiger partial charge in [0.05, 0.1) is 16.4 Å². The van der Waals surface area contributed by atoms with Crippen LogP contribution in [0.15, 0.2) is 29.2 Å². The highest BCUT2D eigenvalue weighted by Crippen LogP contribution is 2.15. The number of carboxylic acid groups (broad SMARTS) is 1. The molecule has 0 radical (unpaired) electrons. The summed E-state index contributed by atoms with van der Waals surface area (Å²) in [4.78, 5) is 11.3. The molecule has 0 aromatic heterocycles. The van der Waals surface area contributed by atoms with Crippen LogP contribution in [0.25, 0.3) is 0 Å². The van der Waals surface area contributed by atoms with Gasteiger partial charge in [-0.1, -0.05) is 20.3 Å². The Morgan fingerprint density at radius 2 is 1.94 bits per heavy atom. The minimum atomic E-state index is -1.04. The van der Waals surface area contributed by atoms with Crippen LogP contribution in [-0.4, -0.2) is 20.5 Å². The lowest BCUT2D eigenvalue weighted by Crippen LogP contribution is -2.10. The molecule has 88 valence electrons. The molecule has 2 atom stereocenters. The highest BCUT2D eigenvalue weighted by atomic mass is 32.2. The first-order valence-electron chi connectivity index (χ1n) is 5.30. The zero-order valence-electron chi connectivity index (χ0n) is 9.47. The molecule has 0 fully saturated rings. The fraction of sp³-hybridized carbons (Fsp3) is 0.417. The van der Waals surface area contributed by atoms with Crippen LogP contribution in [0.1, 0.15) is 37.0 Å². The van der Waals surface area contributed by atoms with Gasteiger partial charge in [0.2, 0.25) is 0 Å². The predicted molar refractivity (Wildman–Crippen MR) is 64.2 cm³/mol. The highest BCUT2D eigenvalue weighted by molar-refractivity contribution is 7.85. The van der Waals surface area contributed by atoms with E-state index < -0.39 is 16.8 Å². The summed E-state index contributed by atoms with van der Waals surface area (Å²) in [7, 11) is -1.04. The summed E-state index contributed by atoms with van der Waals surface area (Å²) < 4.78 is 12.0. The van der Waals surface area contributed by atoms with Crippen LogP contribution in [0.3, 0.4) is 0 Å². The van der Waals surface area contributed by atoms with Crippen molar-refractivity contribution < 1.29 is 14.1 Å².